The van der Waals surface area contributed by atoms with Crippen molar-refractivity contribution in [3.8, 4) is 17.2 Å². The second-order valence-corrected chi connectivity index (χ2v) is 7.62. The predicted molar refractivity (Wildman–Crippen MR) is 127 cm³/mol. The number of amides is 1. The van der Waals surface area contributed by atoms with Crippen molar-refractivity contribution in [2.24, 2.45) is 0 Å². The van der Waals surface area contributed by atoms with Gasteiger partial charge in [0, 0.05) is 16.6 Å². The first-order chi connectivity index (χ1) is 16.6. The number of rotatable bonds is 7. The maximum absolute atomic E-state index is 13.0. The van der Waals surface area contributed by atoms with E-state index in [1.807, 2.05) is 18.2 Å². The summed E-state index contributed by atoms with van der Waals surface area (Å²) in [6.45, 7) is 0.888. The van der Waals surface area contributed by atoms with Gasteiger partial charge in [-0.1, -0.05) is 12.1 Å². The van der Waals surface area contributed by atoms with Gasteiger partial charge in [0.2, 0.25) is 5.76 Å². The Morgan fingerprint density at radius 3 is 2.50 bits per heavy atom. The summed E-state index contributed by atoms with van der Waals surface area (Å²) in [7, 11) is 1.58. The van der Waals surface area contributed by atoms with Gasteiger partial charge in [-0.05, 0) is 54.6 Å². The van der Waals surface area contributed by atoms with E-state index in [1.54, 1.807) is 55.6 Å². The summed E-state index contributed by atoms with van der Waals surface area (Å²) < 4.78 is 22.1. The fourth-order valence-electron chi connectivity index (χ4n) is 3.73. The van der Waals surface area contributed by atoms with Gasteiger partial charge in [-0.15, -0.1) is 0 Å². The Morgan fingerprint density at radius 1 is 0.941 bits per heavy atom. The number of methoxy groups -OCH3 is 1. The highest BCUT2D eigenvalue weighted by Crippen LogP contribution is 2.33. The van der Waals surface area contributed by atoms with Crippen LogP contribution >= 0.6 is 0 Å². The maximum atomic E-state index is 13.0. The molecule has 0 radical (unpaired) electrons. The number of fused-ring (bicyclic) bond motifs is 2. The molecule has 0 aliphatic carbocycles. The summed E-state index contributed by atoms with van der Waals surface area (Å²) >= 11 is 0. The van der Waals surface area contributed by atoms with E-state index in [2.05, 4.69) is 10.6 Å². The van der Waals surface area contributed by atoms with Crippen LogP contribution in [0.4, 0.5) is 11.4 Å². The number of para-hydroxylation sites is 1. The van der Waals surface area contributed by atoms with Gasteiger partial charge in [0.05, 0.1) is 19.3 Å². The van der Waals surface area contributed by atoms with Crippen LogP contribution in [0.3, 0.4) is 0 Å². The van der Waals surface area contributed by atoms with Crippen molar-refractivity contribution >= 4 is 34.0 Å². The number of ether oxygens (including phenoxy) is 3. The van der Waals surface area contributed by atoms with E-state index in [9.17, 15) is 9.59 Å². The average Bonchev–Trinajstić information content (AvgIpc) is 3.26. The minimum absolute atomic E-state index is 0.0357. The first-order valence-corrected chi connectivity index (χ1v) is 10.8. The molecule has 5 rings (SSSR count). The molecule has 4 aromatic rings. The number of furan rings is 1. The quantitative estimate of drug-likeness (QED) is 0.385. The van der Waals surface area contributed by atoms with Crippen molar-refractivity contribution in [1.29, 1.82) is 0 Å². The van der Waals surface area contributed by atoms with Gasteiger partial charge in [0.1, 0.15) is 24.5 Å². The standard InChI is InChI=1S/C26H22N2O6/c1-31-18-9-7-17(8-10-18)28-26(30)25-24(19-4-2-3-5-21(19)34-25)27-15-20(29)16-6-11-22-23(14-16)33-13-12-32-22/h2-11,14,27H,12-13,15H2,1H3,(H,28,30). The van der Waals surface area contributed by atoms with Crippen LogP contribution in [0, 0.1) is 0 Å². The average molecular weight is 458 g/mol. The van der Waals surface area contributed by atoms with Gasteiger partial charge in [-0.2, -0.15) is 0 Å². The fraction of sp³-hybridized carbons (Fsp3) is 0.154. The molecule has 0 spiro atoms. The number of carbonyl (C=O) groups excluding carboxylic acids is 2. The first kappa shape index (κ1) is 21.4. The Hall–Kier alpha value is -4.46. The zero-order chi connectivity index (χ0) is 23.5. The molecule has 172 valence electrons. The van der Waals surface area contributed by atoms with E-state index >= 15 is 0 Å². The molecular formula is C26H22N2O6. The molecule has 0 unspecified atom stereocenters. The predicted octanol–water partition coefficient (Wildman–Crippen LogP) is 4.76. The molecule has 8 heteroatoms. The molecule has 3 aromatic carbocycles. The highest BCUT2D eigenvalue weighted by atomic mass is 16.6. The number of nitrogens with one attached hydrogen (secondary N) is 2. The maximum Gasteiger partial charge on any atom is 0.293 e. The van der Waals surface area contributed by atoms with E-state index in [4.69, 9.17) is 18.6 Å². The van der Waals surface area contributed by atoms with Crippen LogP contribution in [-0.2, 0) is 0 Å². The minimum Gasteiger partial charge on any atom is -0.497 e. The monoisotopic (exact) mass is 458 g/mol. The number of anilines is 2. The van der Waals surface area contributed by atoms with Crippen LogP contribution in [0.2, 0.25) is 0 Å². The van der Waals surface area contributed by atoms with Gasteiger partial charge < -0.3 is 29.3 Å². The minimum atomic E-state index is -0.435. The second-order valence-electron chi connectivity index (χ2n) is 7.62. The van der Waals surface area contributed by atoms with E-state index in [0.29, 0.717) is 58.4 Å². The molecule has 0 atom stereocenters. The largest absolute Gasteiger partial charge is 0.497 e. The lowest BCUT2D eigenvalue weighted by atomic mass is 10.1. The topological polar surface area (TPSA) is 99.0 Å². The Morgan fingerprint density at radius 2 is 1.71 bits per heavy atom. The van der Waals surface area contributed by atoms with Gasteiger partial charge in [0.15, 0.2) is 17.3 Å². The van der Waals surface area contributed by atoms with Crippen LogP contribution in [-0.4, -0.2) is 38.6 Å². The van der Waals surface area contributed by atoms with Crippen molar-refractivity contribution in [3.05, 3.63) is 78.1 Å². The molecule has 2 heterocycles. The summed E-state index contributed by atoms with van der Waals surface area (Å²) in [5, 5.41) is 6.63. The summed E-state index contributed by atoms with van der Waals surface area (Å²) in [6, 6.07) is 19.3. The summed E-state index contributed by atoms with van der Waals surface area (Å²) in [4.78, 5) is 25.9. The molecule has 0 saturated carbocycles. The molecule has 2 N–H and O–H groups in total. The molecule has 0 bridgehead atoms. The zero-order valence-electron chi connectivity index (χ0n) is 18.4. The molecule has 34 heavy (non-hydrogen) atoms. The fourth-order valence-corrected chi connectivity index (χ4v) is 3.73. The summed E-state index contributed by atoms with van der Waals surface area (Å²) in [6.07, 6.45) is 0. The van der Waals surface area contributed by atoms with Crippen molar-refractivity contribution in [2.75, 3.05) is 37.5 Å². The number of hydrogen-bond acceptors (Lipinski definition) is 7. The summed E-state index contributed by atoms with van der Waals surface area (Å²) in [5.41, 5.74) is 2.06. The molecule has 0 fully saturated rings. The lowest BCUT2D eigenvalue weighted by Gasteiger charge is -2.18. The molecule has 1 amide bonds. The Balaban J connectivity index is 1.37. The van der Waals surface area contributed by atoms with Crippen LogP contribution in [0.25, 0.3) is 11.0 Å². The Labute approximate surface area is 195 Å². The third-order valence-corrected chi connectivity index (χ3v) is 5.44. The van der Waals surface area contributed by atoms with Gasteiger partial charge in [-0.3, -0.25) is 9.59 Å². The summed E-state index contributed by atoms with van der Waals surface area (Å²) in [5.74, 6) is 1.34. The highest BCUT2D eigenvalue weighted by Gasteiger charge is 2.22. The van der Waals surface area contributed by atoms with Crippen LogP contribution < -0.4 is 24.8 Å². The number of benzene rings is 3. The number of Topliss-reactive ketones (excluding diaryl/α,β-unsaturated/α-hetero) is 1. The highest BCUT2D eigenvalue weighted by molar-refractivity contribution is 6.12. The van der Waals surface area contributed by atoms with E-state index in [0.717, 1.165) is 0 Å². The molecule has 0 saturated heterocycles. The van der Waals surface area contributed by atoms with Crippen LogP contribution in [0.1, 0.15) is 20.9 Å². The molecule has 1 aliphatic heterocycles. The van der Waals surface area contributed by atoms with Crippen molar-refractivity contribution in [1.82, 2.24) is 0 Å². The van der Waals surface area contributed by atoms with Gasteiger partial charge in [0.25, 0.3) is 5.91 Å². The smallest absolute Gasteiger partial charge is 0.293 e. The van der Waals surface area contributed by atoms with Crippen molar-refractivity contribution < 1.29 is 28.2 Å². The first-order valence-electron chi connectivity index (χ1n) is 10.8. The van der Waals surface area contributed by atoms with E-state index < -0.39 is 5.91 Å². The van der Waals surface area contributed by atoms with Crippen molar-refractivity contribution in [2.45, 2.75) is 0 Å². The van der Waals surface area contributed by atoms with Crippen LogP contribution in [0.5, 0.6) is 17.2 Å². The third-order valence-electron chi connectivity index (χ3n) is 5.44. The molecule has 1 aromatic heterocycles. The second kappa shape index (κ2) is 9.19. The van der Waals surface area contributed by atoms with Gasteiger partial charge >= 0.3 is 0 Å². The Kier molecular flexibility index (Phi) is 5.78. The lowest BCUT2D eigenvalue weighted by Crippen LogP contribution is -2.19. The Bertz CT molecular complexity index is 1360. The SMILES string of the molecule is COc1ccc(NC(=O)c2oc3ccccc3c2NCC(=O)c2ccc3c(c2)OCCO3)cc1. The number of hydrogen-bond donors (Lipinski definition) is 2. The van der Waals surface area contributed by atoms with E-state index in [-0.39, 0.29) is 18.1 Å². The molecule has 1 aliphatic rings. The normalized spacial score (nSPS) is 12.3. The number of carbonyl (C=O) groups is 2. The van der Waals surface area contributed by atoms with Crippen molar-refractivity contribution in [3.63, 3.8) is 0 Å². The molecular weight excluding hydrogens is 436 g/mol. The molecule has 8 nitrogen and oxygen atoms in total. The third kappa shape index (κ3) is 4.25. The number of ketones is 1. The zero-order valence-corrected chi connectivity index (χ0v) is 18.4. The van der Waals surface area contributed by atoms with Gasteiger partial charge in [-0.25, -0.2) is 0 Å². The van der Waals surface area contributed by atoms with Crippen LogP contribution in [0.15, 0.2) is 71.1 Å². The van der Waals surface area contributed by atoms with E-state index in [1.165, 1.54) is 0 Å². The lowest BCUT2D eigenvalue weighted by molar-refractivity contribution is 0.0990.